The van der Waals surface area contributed by atoms with E-state index in [0.717, 1.165) is 0 Å². The monoisotopic (exact) mass is 312 g/mol. The molecule has 0 aliphatic heterocycles. The molecule has 0 spiro atoms. The number of carbonyl (C=O) groups is 2. The number of aryl methyl sites for hydroxylation is 1. The molecular formula is C18H20N2O3. The SMILES string of the molecule is C=CCNC(=O)c1[nH]c(C)c(C(=O)COc2ccccc2)c1C. The Balaban J connectivity index is 2.12. The molecule has 1 heterocycles. The maximum absolute atomic E-state index is 12.4. The van der Waals surface area contributed by atoms with E-state index in [4.69, 9.17) is 4.74 Å². The number of ether oxygens (including phenoxy) is 1. The molecule has 2 aromatic rings. The first-order valence-electron chi connectivity index (χ1n) is 7.34. The van der Waals surface area contributed by atoms with E-state index >= 15 is 0 Å². The summed E-state index contributed by atoms with van der Waals surface area (Å²) in [5, 5.41) is 2.70. The molecule has 2 rings (SSSR count). The van der Waals surface area contributed by atoms with Crippen molar-refractivity contribution in [3.63, 3.8) is 0 Å². The van der Waals surface area contributed by atoms with Crippen LogP contribution in [0.25, 0.3) is 0 Å². The summed E-state index contributed by atoms with van der Waals surface area (Å²) in [6, 6.07) is 9.14. The van der Waals surface area contributed by atoms with Crippen molar-refractivity contribution < 1.29 is 14.3 Å². The van der Waals surface area contributed by atoms with Crippen LogP contribution in [0.15, 0.2) is 43.0 Å². The summed E-state index contributed by atoms with van der Waals surface area (Å²) in [6.07, 6.45) is 1.60. The molecule has 5 nitrogen and oxygen atoms in total. The molecule has 120 valence electrons. The Hall–Kier alpha value is -2.82. The second kappa shape index (κ2) is 7.45. The first-order chi connectivity index (χ1) is 11.0. The van der Waals surface area contributed by atoms with Crippen molar-refractivity contribution in [2.75, 3.05) is 13.2 Å². The maximum atomic E-state index is 12.4. The Labute approximate surface area is 135 Å². The number of para-hydroxylation sites is 1. The molecule has 1 aromatic heterocycles. The number of aromatic nitrogens is 1. The number of hydrogen-bond acceptors (Lipinski definition) is 3. The lowest BCUT2D eigenvalue weighted by Crippen LogP contribution is -2.24. The van der Waals surface area contributed by atoms with Crippen LogP contribution < -0.4 is 10.1 Å². The zero-order chi connectivity index (χ0) is 16.8. The third-order valence-electron chi connectivity index (χ3n) is 3.46. The van der Waals surface area contributed by atoms with Gasteiger partial charge in [0.25, 0.3) is 5.91 Å². The largest absolute Gasteiger partial charge is 0.485 e. The molecule has 2 N–H and O–H groups in total. The van der Waals surface area contributed by atoms with Gasteiger partial charge in [-0.05, 0) is 31.5 Å². The summed E-state index contributed by atoms with van der Waals surface area (Å²) in [5.74, 6) is 0.215. The van der Waals surface area contributed by atoms with Crippen LogP contribution in [0.1, 0.15) is 32.1 Å². The van der Waals surface area contributed by atoms with Gasteiger partial charge in [0.15, 0.2) is 6.61 Å². The highest BCUT2D eigenvalue weighted by atomic mass is 16.5. The summed E-state index contributed by atoms with van der Waals surface area (Å²) < 4.78 is 5.49. The van der Waals surface area contributed by atoms with E-state index in [-0.39, 0.29) is 18.3 Å². The first-order valence-corrected chi connectivity index (χ1v) is 7.34. The summed E-state index contributed by atoms with van der Waals surface area (Å²) in [5.41, 5.74) is 2.19. The predicted octanol–water partition coefficient (Wildman–Crippen LogP) is 2.81. The number of rotatable bonds is 7. The van der Waals surface area contributed by atoms with E-state index in [1.807, 2.05) is 18.2 Å². The molecule has 0 aliphatic carbocycles. The van der Waals surface area contributed by atoms with E-state index in [2.05, 4.69) is 16.9 Å². The van der Waals surface area contributed by atoms with Gasteiger partial charge in [-0.2, -0.15) is 0 Å². The van der Waals surface area contributed by atoms with Crippen LogP contribution in [0.3, 0.4) is 0 Å². The molecule has 5 heteroatoms. The van der Waals surface area contributed by atoms with Gasteiger partial charge in [0, 0.05) is 17.8 Å². The molecular weight excluding hydrogens is 292 g/mol. The van der Waals surface area contributed by atoms with Crippen LogP contribution in [-0.4, -0.2) is 29.8 Å². The summed E-state index contributed by atoms with van der Waals surface area (Å²) in [7, 11) is 0. The van der Waals surface area contributed by atoms with Crippen LogP contribution in [0.5, 0.6) is 5.75 Å². The molecule has 0 bridgehead atoms. The molecule has 0 atom stereocenters. The maximum Gasteiger partial charge on any atom is 0.268 e. The van der Waals surface area contributed by atoms with Crippen molar-refractivity contribution in [1.82, 2.24) is 10.3 Å². The van der Waals surface area contributed by atoms with E-state index in [1.165, 1.54) is 0 Å². The molecule has 0 fully saturated rings. The van der Waals surface area contributed by atoms with Crippen molar-refractivity contribution >= 4 is 11.7 Å². The minimum absolute atomic E-state index is 0.0722. The fourth-order valence-corrected chi connectivity index (χ4v) is 2.39. The number of benzene rings is 1. The Morgan fingerprint density at radius 3 is 2.61 bits per heavy atom. The predicted molar refractivity (Wildman–Crippen MR) is 89.1 cm³/mol. The number of Topliss-reactive ketones (excluding diaryl/α,β-unsaturated/α-hetero) is 1. The Bertz CT molecular complexity index is 717. The van der Waals surface area contributed by atoms with Crippen molar-refractivity contribution in [1.29, 1.82) is 0 Å². The molecule has 0 aliphatic rings. The van der Waals surface area contributed by atoms with Crippen LogP contribution in [0.2, 0.25) is 0 Å². The topological polar surface area (TPSA) is 71.2 Å². The zero-order valence-electron chi connectivity index (χ0n) is 13.3. The van der Waals surface area contributed by atoms with Crippen molar-refractivity contribution in [2.45, 2.75) is 13.8 Å². The average Bonchev–Trinajstić information content (AvgIpc) is 2.86. The van der Waals surface area contributed by atoms with Gasteiger partial charge in [0.2, 0.25) is 5.78 Å². The lowest BCUT2D eigenvalue weighted by atomic mass is 10.1. The fourth-order valence-electron chi connectivity index (χ4n) is 2.39. The van der Waals surface area contributed by atoms with Gasteiger partial charge in [-0.15, -0.1) is 6.58 Å². The van der Waals surface area contributed by atoms with Gasteiger partial charge >= 0.3 is 0 Å². The normalized spacial score (nSPS) is 10.2. The van der Waals surface area contributed by atoms with Gasteiger partial charge in [-0.25, -0.2) is 0 Å². The third-order valence-corrected chi connectivity index (χ3v) is 3.46. The minimum Gasteiger partial charge on any atom is -0.485 e. The first kappa shape index (κ1) is 16.5. The smallest absolute Gasteiger partial charge is 0.268 e. The average molecular weight is 312 g/mol. The number of aromatic amines is 1. The van der Waals surface area contributed by atoms with Crippen LogP contribution in [-0.2, 0) is 0 Å². The van der Waals surface area contributed by atoms with Crippen molar-refractivity contribution in [3.05, 3.63) is 65.5 Å². The second-order valence-electron chi connectivity index (χ2n) is 5.15. The molecule has 0 saturated carbocycles. The molecule has 0 radical (unpaired) electrons. The number of amides is 1. The van der Waals surface area contributed by atoms with Gasteiger partial charge in [0.05, 0.1) is 0 Å². The highest BCUT2D eigenvalue weighted by Crippen LogP contribution is 2.19. The number of hydrogen-bond donors (Lipinski definition) is 2. The van der Waals surface area contributed by atoms with Crippen LogP contribution >= 0.6 is 0 Å². The lowest BCUT2D eigenvalue weighted by Gasteiger charge is -2.06. The fraction of sp³-hybridized carbons (Fsp3) is 0.222. The Morgan fingerprint density at radius 1 is 1.26 bits per heavy atom. The van der Waals surface area contributed by atoms with E-state index < -0.39 is 0 Å². The highest BCUT2D eigenvalue weighted by Gasteiger charge is 2.21. The Kier molecular flexibility index (Phi) is 5.36. The van der Waals surface area contributed by atoms with Gasteiger partial charge in [0.1, 0.15) is 11.4 Å². The summed E-state index contributed by atoms with van der Waals surface area (Å²) >= 11 is 0. The number of nitrogens with one attached hydrogen (secondary N) is 2. The third kappa shape index (κ3) is 3.88. The standard InChI is InChI=1S/C18H20N2O3/c1-4-10-19-18(22)17-12(2)16(13(3)20-17)15(21)11-23-14-8-6-5-7-9-14/h4-9,20H,1,10-11H2,2-3H3,(H,19,22). The van der Waals surface area contributed by atoms with Crippen LogP contribution in [0, 0.1) is 13.8 Å². The van der Waals surface area contributed by atoms with Gasteiger partial charge < -0.3 is 15.0 Å². The minimum atomic E-state index is -0.256. The van der Waals surface area contributed by atoms with Gasteiger partial charge in [-0.1, -0.05) is 24.3 Å². The molecule has 0 unspecified atom stereocenters. The van der Waals surface area contributed by atoms with Crippen molar-refractivity contribution in [2.24, 2.45) is 0 Å². The number of ketones is 1. The van der Waals surface area contributed by atoms with E-state index in [0.29, 0.717) is 34.8 Å². The van der Waals surface area contributed by atoms with E-state index in [9.17, 15) is 9.59 Å². The Morgan fingerprint density at radius 2 is 1.96 bits per heavy atom. The number of H-pyrrole nitrogens is 1. The lowest BCUT2D eigenvalue weighted by molar-refractivity contribution is 0.0920. The molecule has 23 heavy (non-hydrogen) atoms. The second-order valence-corrected chi connectivity index (χ2v) is 5.15. The summed E-state index contributed by atoms with van der Waals surface area (Å²) in [6.45, 7) is 7.38. The van der Waals surface area contributed by atoms with E-state index in [1.54, 1.807) is 32.1 Å². The quantitative estimate of drug-likeness (QED) is 0.610. The molecule has 1 amide bonds. The van der Waals surface area contributed by atoms with Gasteiger partial charge in [-0.3, -0.25) is 9.59 Å². The summed E-state index contributed by atoms with van der Waals surface area (Å²) in [4.78, 5) is 27.5. The highest BCUT2D eigenvalue weighted by molar-refractivity contribution is 6.04. The molecule has 1 aromatic carbocycles. The van der Waals surface area contributed by atoms with Crippen LogP contribution in [0.4, 0.5) is 0 Å². The van der Waals surface area contributed by atoms with Crippen molar-refractivity contribution in [3.8, 4) is 5.75 Å². The zero-order valence-corrected chi connectivity index (χ0v) is 13.3. The molecule has 0 saturated heterocycles. The number of carbonyl (C=O) groups excluding carboxylic acids is 2.